The number of rotatable bonds is 4. The summed E-state index contributed by atoms with van der Waals surface area (Å²) in [5.41, 5.74) is 3.35. The van der Waals surface area contributed by atoms with Gasteiger partial charge in [-0.05, 0) is 60.4 Å². The number of amides is 1. The number of thioether (sulfide) groups is 1. The van der Waals surface area contributed by atoms with Gasteiger partial charge in [0.05, 0.1) is 11.4 Å². The summed E-state index contributed by atoms with van der Waals surface area (Å²) in [7, 11) is 0. The zero-order chi connectivity index (χ0) is 16.9. The normalized spacial score (nSPS) is 15.3. The number of carbonyl (C=O) groups is 1. The SMILES string of the molecule is Cc1ccc(-n2nnnc2SCC(=O)N2CCCCCC2)cc1C. The minimum absolute atomic E-state index is 0.177. The van der Waals surface area contributed by atoms with E-state index in [2.05, 4.69) is 41.5 Å². The van der Waals surface area contributed by atoms with Crippen LogP contribution in [0.4, 0.5) is 0 Å². The molecule has 2 aromatic rings. The van der Waals surface area contributed by atoms with Crippen molar-refractivity contribution in [1.82, 2.24) is 25.1 Å². The first-order chi connectivity index (χ1) is 11.6. The Morgan fingerprint density at radius 2 is 1.88 bits per heavy atom. The standard InChI is InChI=1S/C17H23N5OS/c1-13-7-8-15(11-14(13)2)22-17(18-19-20-22)24-12-16(23)21-9-5-3-4-6-10-21/h7-8,11H,3-6,9-10,12H2,1-2H3. The highest BCUT2D eigenvalue weighted by Crippen LogP contribution is 2.21. The predicted molar refractivity (Wildman–Crippen MR) is 94.4 cm³/mol. The summed E-state index contributed by atoms with van der Waals surface area (Å²) < 4.78 is 1.70. The number of nitrogens with zero attached hydrogens (tertiary/aromatic N) is 5. The molecule has 0 spiro atoms. The molecule has 1 aromatic heterocycles. The molecular weight excluding hydrogens is 322 g/mol. The lowest BCUT2D eigenvalue weighted by Gasteiger charge is -2.19. The maximum atomic E-state index is 12.4. The zero-order valence-corrected chi connectivity index (χ0v) is 15.1. The quantitative estimate of drug-likeness (QED) is 0.797. The average Bonchev–Trinajstić information content (AvgIpc) is 2.87. The van der Waals surface area contributed by atoms with Crippen LogP contribution in [-0.2, 0) is 4.79 Å². The maximum absolute atomic E-state index is 12.4. The maximum Gasteiger partial charge on any atom is 0.233 e. The van der Waals surface area contributed by atoms with Crippen LogP contribution in [0.15, 0.2) is 23.4 Å². The van der Waals surface area contributed by atoms with Crippen molar-refractivity contribution in [3.8, 4) is 5.69 Å². The van der Waals surface area contributed by atoms with E-state index >= 15 is 0 Å². The van der Waals surface area contributed by atoms with Crippen LogP contribution in [0.3, 0.4) is 0 Å². The van der Waals surface area contributed by atoms with E-state index in [4.69, 9.17) is 0 Å². The van der Waals surface area contributed by atoms with E-state index in [9.17, 15) is 4.79 Å². The first-order valence-electron chi connectivity index (χ1n) is 8.42. The van der Waals surface area contributed by atoms with Crippen LogP contribution < -0.4 is 0 Å². The van der Waals surface area contributed by atoms with E-state index in [1.54, 1.807) is 4.68 Å². The molecule has 0 radical (unpaired) electrons. The zero-order valence-electron chi connectivity index (χ0n) is 14.2. The number of aryl methyl sites for hydroxylation is 2. The van der Waals surface area contributed by atoms with Crippen LogP contribution in [0.25, 0.3) is 5.69 Å². The smallest absolute Gasteiger partial charge is 0.233 e. The molecule has 0 atom stereocenters. The number of aromatic nitrogens is 4. The van der Waals surface area contributed by atoms with Gasteiger partial charge in [0.1, 0.15) is 0 Å². The van der Waals surface area contributed by atoms with Crippen molar-refractivity contribution in [2.75, 3.05) is 18.8 Å². The number of likely N-dealkylation sites (tertiary alicyclic amines) is 1. The summed E-state index contributed by atoms with van der Waals surface area (Å²) in [6, 6.07) is 6.12. The fraction of sp³-hybridized carbons (Fsp3) is 0.529. The van der Waals surface area contributed by atoms with Crippen LogP contribution in [0.5, 0.6) is 0 Å². The van der Waals surface area contributed by atoms with E-state index in [1.165, 1.54) is 35.7 Å². The van der Waals surface area contributed by atoms with Gasteiger partial charge in [0.25, 0.3) is 0 Å². The van der Waals surface area contributed by atoms with Gasteiger partial charge in [0, 0.05) is 13.1 Å². The molecule has 0 unspecified atom stereocenters. The molecule has 0 bridgehead atoms. The Labute approximate surface area is 146 Å². The summed E-state index contributed by atoms with van der Waals surface area (Å²) in [5, 5.41) is 12.6. The molecular formula is C17H23N5OS. The first kappa shape index (κ1) is 17.0. The van der Waals surface area contributed by atoms with E-state index in [0.29, 0.717) is 10.9 Å². The number of benzene rings is 1. The first-order valence-corrected chi connectivity index (χ1v) is 9.40. The van der Waals surface area contributed by atoms with Crippen molar-refractivity contribution in [3.63, 3.8) is 0 Å². The second-order valence-corrected chi connectivity index (χ2v) is 7.17. The number of tetrazole rings is 1. The van der Waals surface area contributed by atoms with Crippen molar-refractivity contribution >= 4 is 17.7 Å². The minimum Gasteiger partial charge on any atom is -0.342 e. The van der Waals surface area contributed by atoms with Crippen molar-refractivity contribution in [2.45, 2.75) is 44.7 Å². The van der Waals surface area contributed by atoms with E-state index < -0.39 is 0 Å². The van der Waals surface area contributed by atoms with Crippen LogP contribution in [0.1, 0.15) is 36.8 Å². The number of hydrogen-bond donors (Lipinski definition) is 0. The third kappa shape index (κ3) is 3.95. The largest absolute Gasteiger partial charge is 0.342 e. The second kappa shape index (κ2) is 7.79. The molecule has 1 aliphatic heterocycles. The molecule has 1 fully saturated rings. The van der Waals surface area contributed by atoms with Gasteiger partial charge in [-0.15, -0.1) is 5.10 Å². The third-order valence-electron chi connectivity index (χ3n) is 4.46. The Morgan fingerprint density at radius 1 is 1.12 bits per heavy atom. The van der Waals surface area contributed by atoms with E-state index in [-0.39, 0.29) is 5.91 Å². The molecule has 1 saturated heterocycles. The van der Waals surface area contributed by atoms with E-state index in [1.807, 2.05) is 11.0 Å². The highest BCUT2D eigenvalue weighted by Gasteiger charge is 2.18. The fourth-order valence-corrected chi connectivity index (χ4v) is 3.62. The molecule has 7 heteroatoms. The van der Waals surface area contributed by atoms with Crippen LogP contribution in [0.2, 0.25) is 0 Å². The lowest BCUT2D eigenvalue weighted by Crippen LogP contribution is -2.33. The van der Waals surface area contributed by atoms with E-state index in [0.717, 1.165) is 31.6 Å². The highest BCUT2D eigenvalue weighted by atomic mass is 32.2. The van der Waals surface area contributed by atoms with Crippen molar-refractivity contribution in [1.29, 1.82) is 0 Å². The molecule has 1 amide bonds. The molecule has 0 aliphatic carbocycles. The molecule has 1 aromatic carbocycles. The van der Waals surface area contributed by atoms with Gasteiger partial charge in [0.2, 0.25) is 11.1 Å². The molecule has 0 saturated carbocycles. The van der Waals surface area contributed by atoms with Crippen molar-refractivity contribution < 1.29 is 4.79 Å². The molecule has 3 rings (SSSR count). The molecule has 128 valence electrons. The summed E-state index contributed by atoms with van der Waals surface area (Å²) in [5.74, 6) is 0.558. The Balaban J connectivity index is 1.67. The third-order valence-corrected chi connectivity index (χ3v) is 5.36. The Bertz CT molecular complexity index is 707. The van der Waals surface area contributed by atoms with Crippen molar-refractivity contribution in [2.24, 2.45) is 0 Å². The van der Waals surface area contributed by atoms with Gasteiger partial charge in [-0.3, -0.25) is 4.79 Å². The Kier molecular flexibility index (Phi) is 5.50. The Morgan fingerprint density at radius 3 is 2.58 bits per heavy atom. The predicted octanol–water partition coefficient (Wildman–Crippen LogP) is 2.77. The lowest BCUT2D eigenvalue weighted by molar-refractivity contribution is -0.128. The summed E-state index contributed by atoms with van der Waals surface area (Å²) >= 11 is 1.40. The molecule has 1 aliphatic rings. The summed E-state index contributed by atoms with van der Waals surface area (Å²) in [6.45, 7) is 5.90. The van der Waals surface area contributed by atoms with Gasteiger partial charge in [-0.25, -0.2) is 0 Å². The highest BCUT2D eigenvalue weighted by molar-refractivity contribution is 7.99. The molecule has 24 heavy (non-hydrogen) atoms. The monoisotopic (exact) mass is 345 g/mol. The topological polar surface area (TPSA) is 63.9 Å². The summed E-state index contributed by atoms with van der Waals surface area (Å²) in [6.07, 6.45) is 4.66. The van der Waals surface area contributed by atoms with Crippen LogP contribution in [0, 0.1) is 13.8 Å². The van der Waals surface area contributed by atoms with Gasteiger partial charge in [-0.2, -0.15) is 4.68 Å². The van der Waals surface area contributed by atoms with Crippen molar-refractivity contribution in [3.05, 3.63) is 29.3 Å². The summed E-state index contributed by atoms with van der Waals surface area (Å²) in [4.78, 5) is 14.4. The van der Waals surface area contributed by atoms with Crippen LogP contribution >= 0.6 is 11.8 Å². The number of hydrogen-bond acceptors (Lipinski definition) is 5. The number of carbonyl (C=O) groups excluding carboxylic acids is 1. The van der Waals surface area contributed by atoms with Gasteiger partial charge < -0.3 is 4.90 Å². The lowest BCUT2D eigenvalue weighted by atomic mass is 10.1. The average molecular weight is 345 g/mol. The minimum atomic E-state index is 0.177. The molecule has 6 nitrogen and oxygen atoms in total. The van der Waals surface area contributed by atoms with Gasteiger partial charge in [0.15, 0.2) is 0 Å². The second-order valence-electron chi connectivity index (χ2n) is 6.23. The van der Waals surface area contributed by atoms with Crippen LogP contribution in [-0.4, -0.2) is 49.9 Å². The Hall–Kier alpha value is -1.89. The fourth-order valence-electron chi connectivity index (χ4n) is 2.83. The van der Waals surface area contributed by atoms with Gasteiger partial charge >= 0.3 is 0 Å². The molecule has 2 heterocycles. The molecule has 0 N–H and O–H groups in total. The van der Waals surface area contributed by atoms with Gasteiger partial charge in [-0.1, -0.05) is 30.7 Å².